The Morgan fingerprint density at radius 1 is 1.17 bits per heavy atom. The van der Waals surface area contributed by atoms with Gasteiger partial charge in [0.05, 0.1) is 14.2 Å². The van der Waals surface area contributed by atoms with Crippen molar-refractivity contribution in [1.29, 1.82) is 0 Å². The molecule has 1 aromatic carbocycles. The van der Waals surface area contributed by atoms with Gasteiger partial charge in [-0.25, -0.2) is 0 Å². The Balaban J connectivity index is 0.00000192. The van der Waals surface area contributed by atoms with Crippen molar-refractivity contribution in [1.82, 2.24) is 5.32 Å². The Kier molecular flexibility index (Phi) is 5.99. The minimum atomic E-state index is 0. The minimum Gasteiger partial charge on any atom is -0.493 e. The Labute approximate surface area is 145 Å². The maximum atomic E-state index is 5.51. The van der Waals surface area contributed by atoms with Crippen LogP contribution in [0, 0.1) is 0 Å². The first kappa shape index (κ1) is 18.2. The number of nitrogens with one attached hydrogen (secondary N) is 1. The summed E-state index contributed by atoms with van der Waals surface area (Å²) in [6.45, 7) is 3.94. The topological polar surface area (TPSA) is 30.5 Å². The predicted octanol–water partition coefficient (Wildman–Crippen LogP) is 4.59. The summed E-state index contributed by atoms with van der Waals surface area (Å²) in [5.41, 5.74) is 3.01. The van der Waals surface area contributed by atoms with E-state index in [9.17, 15) is 0 Å². The highest BCUT2D eigenvalue weighted by molar-refractivity contribution is 5.85. The first-order valence-corrected chi connectivity index (χ1v) is 8.35. The summed E-state index contributed by atoms with van der Waals surface area (Å²) < 4.78 is 11.0. The molecule has 0 bridgehead atoms. The standard InChI is InChI=1S/C19H27NO2.ClH/c1-4-8-16-15-12-18(22-3)17(21-2)11-14(15)13-19(20-16)9-6-5-7-10-19;/h4,11-12,16,20H,1,5-10,13H2,2-3H3;1H. The van der Waals surface area contributed by atoms with Crippen LogP contribution in [0.4, 0.5) is 0 Å². The molecule has 1 heterocycles. The number of fused-ring (bicyclic) bond motifs is 1. The van der Waals surface area contributed by atoms with Gasteiger partial charge in [0.2, 0.25) is 0 Å². The summed E-state index contributed by atoms with van der Waals surface area (Å²) in [4.78, 5) is 0. The summed E-state index contributed by atoms with van der Waals surface area (Å²) in [5, 5.41) is 3.95. The average molecular weight is 338 g/mol. The molecule has 0 aromatic heterocycles. The lowest BCUT2D eigenvalue weighted by molar-refractivity contribution is 0.190. The van der Waals surface area contributed by atoms with Crippen LogP contribution in [0.25, 0.3) is 0 Å². The fourth-order valence-electron chi connectivity index (χ4n) is 4.18. The van der Waals surface area contributed by atoms with Gasteiger partial charge in [0.1, 0.15) is 0 Å². The molecule has 0 saturated heterocycles. The second kappa shape index (κ2) is 7.59. The molecule has 1 saturated carbocycles. The van der Waals surface area contributed by atoms with Gasteiger partial charge in [-0.2, -0.15) is 0 Å². The highest BCUT2D eigenvalue weighted by Gasteiger charge is 2.39. The molecule has 1 spiro atoms. The second-order valence-corrected chi connectivity index (χ2v) is 6.65. The van der Waals surface area contributed by atoms with Crippen LogP contribution in [-0.2, 0) is 6.42 Å². The zero-order chi connectivity index (χ0) is 15.6. The first-order valence-electron chi connectivity index (χ1n) is 8.35. The maximum absolute atomic E-state index is 5.51. The lowest BCUT2D eigenvalue weighted by atomic mass is 9.72. The summed E-state index contributed by atoms with van der Waals surface area (Å²) in [5.74, 6) is 1.66. The SMILES string of the molecule is C=CCC1NC2(CCCCC2)Cc2cc(OC)c(OC)cc21.Cl. The van der Waals surface area contributed by atoms with Crippen molar-refractivity contribution in [2.75, 3.05) is 14.2 Å². The highest BCUT2D eigenvalue weighted by atomic mass is 35.5. The summed E-state index contributed by atoms with van der Waals surface area (Å²) in [6.07, 6.45) is 10.6. The number of ether oxygens (including phenoxy) is 2. The van der Waals surface area contributed by atoms with Crippen molar-refractivity contribution in [3.05, 3.63) is 35.9 Å². The number of benzene rings is 1. The minimum absolute atomic E-state index is 0. The molecule has 0 amide bonds. The summed E-state index contributed by atoms with van der Waals surface area (Å²) in [7, 11) is 3.41. The monoisotopic (exact) mass is 337 g/mol. The molecular weight excluding hydrogens is 310 g/mol. The van der Waals surface area contributed by atoms with Crippen LogP contribution >= 0.6 is 12.4 Å². The zero-order valence-corrected chi connectivity index (χ0v) is 15.0. The van der Waals surface area contributed by atoms with Crippen LogP contribution in [0.5, 0.6) is 11.5 Å². The van der Waals surface area contributed by atoms with Crippen LogP contribution in [-0.4, -0.2) is 19.8 Å². The van der Waals surface area contributed by atoms with Gasteiger partial charge in [0.15, 0.2) is 11.5 Å². The van der Waals surface area contributed by atoms with Crippen molar-refractivity contribution < 1.29 is 9.47 Å². The number of hydrogen-bond donors (Lipinski definition) is 1. The lowest BCUT2D eigenvalue weighted by Gasteiger charge is -2.46. The third-order valence-electron chi connectivity index (χ3n) is 5.24. The van der Waals surface area contributed by atoms with Gasteiger partial charge in [0, 0.05) is 11.6 Å². The molecule has 128 valence electrons. The van der Waals surface area contributed by atoms with E-state index in [4.69, 9.17) is 9.47 Å². The van der Waals surface area contributed by atoms with Gasteiger partial charge in [-0.3, -0.25) is 0 Å². The Bertz CT molecular complexity index is 553. The molecule has 23 heavy (non-hydrogen) atoms. The van der Waals surface area contributed by atoms with E-state index in [-0.39, 0.29) is 17.9 Å². The molecule has 4 heteroatoms. The molecule has 1 atom stereocenters. The number of methoxy groups -OCH3 is 2. The molecule has 1 aliphatic carbocycles. The number of halogens is 1. The molecular formula is C19H28ClNO2. The van der Waals surface area contributed by atoms with E-state index in [1.165, 1.54) is 43.2 Å². The van der Waals surface area contributed by atoms with Crippen molar-refractivity contribution >= 4 is 12.4 Å². The third-order valence-corrected chi connectivity index (χ3v) is 5.24. The van der Waals surface area contributed by atoms with Gasteiger partial charge < -0.3 is 14.8 Å². The van der Waals surface area contributed by atoms with Crippen molar-refractivity contribution in [2.45, 2.75) is 56.5 Å². The van der Waals surface area contributed by atoms with Gasteiger partial charge in [-0.1, -0.05) is 25.3 Å². The second-order valence-electron chi connectivity index (χ2n) is 6.65. The number of rotatable bonds is 4. The van der Waals surface area contributed by atoms with E-state index >= 15 is 0 Å². The smallest absolute Gasteiger partial charge is 0.161 e. The molecule has 1 unspecified atom stereocenters. The molecule has 1 N–H and O–H groups in total. The van der Waals surface area contributed by atoms with E-state index in [1.807, 2.05) is 6.08 Å². The van der Waals surface area contributed by atoms with E-state index < -0.39 is 0 Å². The fraction of sp³-hybridized carbons (Fsp3) is 0.579. The Hall–Kier alpha value is -1.19. The van der Waals surface area contributed by atoms with E-state index in [1.54, 1.807) is 14.2 Å². The lowest BCUT2D eigenvalue weighted by Crippen LogP contribution is -2.53. The van der Waals surface area contributed by atoms with Crippen LogP contribution in [0.1, 0.15) is 55.7 Å². The fourth-order valence-corrected chi connectivity index (χ4v) is 4.18. The average Bonchev–Trinajstić information content (AvgIpc) is 2.54. The Morgan fingerprint density at radius 2 is 1.83 bits per heavy atom. The molecule has 1 fully saturated rings. The van der Waals surface area contributed by atoms with Crippen LogP contribution < -0.4 is 14.8 Å². The molecule has 2 aliphatic rings. The van der Waals surface area contributed by atoms with Crippen LogP contribution in [0.3, 0.4) is 0 Å². The van der Waals surface area contributed by atoms with Crippen molar-refractivity contribution in [3.8, 4) is 11.5 Å². The van der Waals surface area contributed by atoms with Crippen molar-refractivity contribution in [2.24, 2.45) is 0 Å². The van der Waals surface area contributed by atoms with E-state index in [0.29, 0.717) is 6.04 Å². The summed E-state index contributed by atoms with van der Waals surface area (Å²) in [6, 6.07) is 4.66. The first-order chi connectivity index (χ1) is 10.7. The molecule has 3 nitrogen and oxygen atoms in total. The van der Waals surface area contributed by atoms with Gasteiger partial charge >= 0.3 is 0 Å². The van der Waals surface area contributed by atoms with Crippen molar-refractivity contribution in [3.63, 3.8) is 0 Å². The molecule has 0 radical (unpaired) electrons. The molecule has 1 aromatic rings. The quantitative estimate of drug-likeness (QED) is 0.815. The van der Waals surface area contributed by atoms with E-state index in [2.05, 4.69) is 24.0 Å². The largest absolute Gasteiger partial charge is 0.493 e. The van der Waals surface area contributed by atoms with Gasteiger partial charge in [0.25, 0.3) is 0 Å². The van der Waals surface area contributed by atoms with Gasteiger partial charge in [-0.15, -0.1) is 19.0 Å². The van der Waals surface area contributed by atoms with Crippen LogP contribution in [0.15, 0.2) is 24.8 Å². The van der Waals surface area contributed by atoms with Gasteiger partial charge in [-0.05, 0) is 48.9 Å². The maximum Gasteiger partial charge on any atom is 0.161 e. The number of hydrogen-bond acceptors (Lipinski definition) is 3. The Morgan fingerprint density at radius 3 is 2.43 bits per heavy atom. The highest BCUT2D eigenvalue weighted by Crippen LogP contribution is 2.43. The zero-order valence-electron chi connectivity index (χ0n) is 14.2. The normalized spacial score (nSPS) is 21.9. The molecule has 3 rings (SSSR count). The van der Waals surface area contributed by atoms with Crippen LogP contribution in [0.2, 0.25) is 0 Å². The molecule has 1 aliphatic heterocycles. The van der Waals surface area contributed by atoms with E-state index in [0.717, 1.165) is 24.3 Å². The third kappa shape index (κ3) is 3.51. The summed E-state index contributed by atoms with van der Waals surface area (Å²) >= 11 is 0. The predicted molar refractivity (Wildman–Crippen MR) is 97.0 cm³/mol.